The van der Waals surface area contributed by atoms with Crippen molar-refractivity contribution in [3.63, 3.8) is 0 Å². The van der Waals surface area contributed by atoms with Crippen LogP contribution in [0.1, 0.15) is 57.7 Å². The first-order valence-electron chi connectivity index (χ1n) is 13.1. The van der Waals surface area contributed by atoms with E-state index in [4.69, 9.17) is 5.53 Å². The first-order valence-corrected chi connectivity index (χ1v) is 13.9. The van der Waals surface area contributed by atoms with Crippen LogP contribution >= 0.6 is 11.3 Å². The molecule has 12 heteroatoms. The maximum absolute atomic E-state index is 13.6. The van der Waals surface area contributed by atoms with E-state index in [0.717, 1.165) is 21.7 Å². The molecule has 1 aliphatic rings. The molecule has 3 amide bonds. The number of benzene rings is 1. The van der Waals surface area contributed by atoms with Gasteiger partial charge in [-0.1, -0.05) is 50.2 Å². The Balaban J connectivity index is 1.62. The fourth-order valence-electron chi connectivity index (χ4n) is 4.53. The number of aliphatic hydroxyl groups excluding tert-OH is 1. The number of rotatable bonds is 11. The zero-order valence-corrected chi connectivity index (χ0v) is 23.7. The van der Waals surface area contributed by atoms with Crippen molar-refractivity contribution < 1.29 is 19.5 Å². The summed E-state index contributed by atoms with van der Waals surface area (Å²) in [5.74, 6) is -1.04. The second-order valence-corrected chi connectivity index (χ2v) is 11.7. The molecular formula is C27H37N7O4S. The maximum atomic E-state index is 13.6. The molecule has 1 aromatic carbocycles. The number of aromatic nitrogens is 1. The molecule has 0 spiro atoms. The minimum absolute atomic E-state index is 0.0223. The summed E-state index contributed by atoms with van der Waals surface area (Å²) in [6.45, 7) is 8.11. The van der Waals surface area contributed by atoms with Gasteiger partial charge in [0.15, 0.2) is 0 Å². The van der Waals surface area contributed by atoms with E-state index in [9.17, 15) is 19.5 Å². The van der Waals surface area contributed by atoms with Crippen molar-refractivity contribution in [2.75, 3.05) is 13.1 Å². The number of aliphatic hydroxyl groups is 1. The number of nitrogens with zero attached hydrogens (tertiary/aromatic N) is 5. The van der Waals surface area contributed by atoms with Gasteiger partial charge in [0.05, 0.1) is 22.2 Å². The number of amides is 3. The van der Waals surface area contributed by atoms with Crippen LogP contribution in [0.15, 0.2) is 34.9 Å². The Hall–Kier alpha value is -3.47. The summed E-state index contributed by atoms with van der Waals surface area (Å²) in [4.78, 5) is 48.8. The Kier molecular flexibility index (Phi) is 10.4. The number of thiazole rings is 1. The number of carbonyl (C=O) groups excluding carboxylic acids is 3. The highest BCUT2D eigenvalue weighted by atomic mass is 32.1. The number of hydrogen-bond acceptors (Lipinski definition) is 7. The molecule has 2 aromatic rings. The SMILES string of the molecule is Cc1ncsc1-c1ccc(CNC(=O)[C@@H]2C[C@@H](O)CN2C(=O)[C@@H](NC(=O)CCCCN=[N+]=[N-])C(C)(C)C)cc1. The van der Waals surface area contributed by atoms with Gasteiger partial charge < -0.3 is 20.6 Å². The summed E-state index contributed by atoms with van der Waals surface area (Å²) in [5.41, 5.74) is 12.5. The Labute approximate surface area is 232 Å². The van der Waals surface area contributed by atoms with Gasteiger partial charge in [-0.2, -0.15) is 0 Å². The quantitative estimate of drug-likeness (QED) is 0.166. The third-order valence-corrected chi connectivity index (χ3v) is 7.66. The third kappa shape index (κ3) is 8.26. The van der Waals surface area contributed by atoms with Gasteiger partial charge in [-0.25, -0.2) is 4.98 Å². The molecule has 3 rings (SSSR count). The summed E-state index contributed by atoms with van der Waals surface area (Å²) in [5, 5.41) is 19.5. The number of azide groups is 1. The van der Waals surface area contributed by atoms with E-state index in [1.807, 2.05) is 57.5 Å². The topological polar surface area (TPSA) is 160 Å². The number of β-amino-alcohol motifs (C(OH)–C–C–N with tert-alkyl or cyclic N) is 1. The molecule has 0 aliphatic carbocycles. The first-order chi connectivity index (χ1) is 18.5. The maximum Gasteiger partial charge on any atom is 0.246 e. The highest BCUT2D eigenvalue weighted by Gasteiger charge is 2.44. The predicted molar refractivity (Wildman–Crippen MR) is 150 cm³/mol. The van der Waals surface area contributed by atoms with Gasteiger partial charge in [-0.3, -0.25) is 14.4 Å². The van der Waals surface area contributed by atoms with Crippen LogP contribution in [0.4, 0.5) is 0 Å². The molecule has 2 heterocycles. The van der Waals surface area contributed by atoms with Gasteiger partial charge in [0.1, 0.15) is 12.1 Å². The monoisotopic (exact) mass is 555 g/mol. The molecule has 0 radical (unpaired) electrons. The molecule has 1 saturated heterocycles. The number of likely N-dealkylation sites (tertiary alicyclic amines) is 1. The van der Waals surface area contributed by atoms with E-state index in [2.05, 4.69) is 25.6 Å². The lowest BCUT2D eigenvalue weighted by Crippen LogP contribution is -2.57. The van der Waals surface area contributed by atoms with Crippen LogP contribution in [-0.2, 0) is 20.9 Å². The predicted octanol–water partition coefficient (Wildman–Crippen LogP) is 3.71. The Morgan fingerprint density at radius 3 is 2.59 bits per heavy atom. The van der Waals surface area contributed by atoms with Crippen LogP contribution < -0.4 is 10.6 Å². The van der Waals surface area contributed by atoms with Crippen molar-refractivity contribution in [3.05, 3.63) is 51.5 Å². The lowest BCUT2D eigenvalue weighted by Gasteiger charge is -2.35. The summed E-state index contributed by atoms with van der Waals surface area (Å²) in [7, 11) is 0. The Bertz CT molecular complexity index is 1200. The van der Waals surface area contributed by atoms with E-state index in [1.165, 1.54) is 4.90 Å². The number of aryl methyl sites for hydroxylation is 1. The number of unbranched alkanes of at least 4 members (excludes halogenated alkanes) is 1. The van der Waals surface area contributed by atoms with Crippen molar-refractivity contribution in [3.8, 4) is 10.4 Å². The molecule has 3 N–H and O–H groups in total. The molecule has 39 heavy (non-hydrogen) atoms. The van der Waals surface area contributed by atoms with E-state index in [0.29, 0.717) is 19.4 Å². The third-order valence-electron chi connectivity index (χ3n) is 6.69. The van der Waals surface area contributed by atoms with Crippen LogP contribution in [0, 0.1) is 12.3 Å². The molecule has 1 fully saturated rings. The molecular weight excluding hydrogens is 518 g/mol. The van der Waals surface area contributed by atoms with Crippen molar-refractivity contribution in [1.29, 1.82) is 0 Å². The minimum Gasteiger partial charge on any atom is -0.391 e. The fraction of sp³-hybridized carbons (Fsp3) is 0.556. The molecule has 3 atom stereocenters. The van der Waals surface area contributed by atoms with Crippen molar-refractivity contribution >= 4 is 29.1 Å². The Morgan fingerprint density at radius 1 is 1.26 bits per heavy atom. The van der Waals surface area contributed by atoms with Crippen LogP contribution in [0.2, 0.25) is 0 Å². The molecule has 0 saturated carbocycles. The van der Waals surface area contributed by atoms with Gasteiger partial charge >= 0.3 is 0 Å². The van der Waals surface area contributed by atoms with Crippen LogP contribution in [0.25, 0.3) is 20.9 Å². The van der Waals surface area contributed by atoms with Crippen LogP contribution in [0.3, 0.4) is 0 Å². The molecule has 0 bridgehead atoms. The second-order valence-electron chi connectivity index (χ2n) is 10.9. The average molecular weight is 556 g/mol. The summed E-state index contributed by atoms with van der Waals surface area (Å²) >= 11 is 1.58. The molecule has 210 valence electrons. The van der Waals surface area contributed by atoms with E-state index in [-0.39, 0.29) is 37.7 Å². The Morgan fingerprint density at radius 2 is 1.97 bits per heavy atom. The lowest BCUT2D eigenvalue weighted by molar-refractivity contribution is -0.144. The van der Waals surface area contributed by atoms with Gasteiger partial charge in [0, 0.05) is 37.4 Å². The molecule has 0 unspecified atom stereocenters. The second kappa shape index (κ2) is 13.5. The number of hydrogen-bond donors (Lipinski definition) is 3. The summed E-state index contributed by atoms with van der Waals surface area (Å²) < 4.78 is 0. The fourth-order valence-corrected chi connectivity index (χ4v) is 5.34. The largest absolute Gasteiger partial charge is 0.391 e. The van der Waals surface area contributed by atoms with E-state index in [1.54, 1.807) is 11.3 Å². The van der Waals surface area contributed by atoms with Gasteiger partial charge in [-0.15, -0.1) is 11.3 Å². The lowest BCUT2D eigenvalue weighted by atomic mass is 9.85. The van der Waals surface area contributed by atoms with Crippen LogP contribution in [-0.4, -0.2) is 64.0 Å². The zero-order valence-electron chi connectivity index (χ0n) is 22.9. The van der Waals surface area contributed by atoms with Gasteiger partial charge in [-0.05, 0) is 41.8 Å². The van der Waals surface area contributed by atoms with Crippen molar-refractivity contribution in [2.24, 2.45) is 10.5 Å². The normalized spacial score (nSPS) is 17.8. The van der Waals surface area contributed by atoms with Crippen molar-refractivity contribution in [1.82, 2.24) is 20.5 Å². The highest BCUT2D eigenvalue weighted by Crippen LogP contribution is 2.28. The van der Waals surface area contributed by atoms with E-state index < -0.39 is 29.5 Å². The van der Waals surface area contributed by atoms with E-state index >= 15 is 0 Å². The highest BCUT2D eigenvalue weighted by molar-refractivity contribution is 7.13. The van der Waals surface area contributed by atoms with Crippen molar-refractivity contribution in [2.45, 2.75) is 78.1 Å². The molecule has 1 aliphatic heterocycles. The van der Waals surface area contributed by atoms with Gasteiger partial charge in [0.25, 0.3) is 0 Å². The first kappa shape index (κ1) is 30.1. The van der Waals surface area contributed by atoms with Gasteiger partial charge in [0.2, 0.25) is 17.7 Å². The minimum atomic E-state index is -0.870. The zero-order chi connectivity index (χ0) is 28.6. The summed E-state index contributed by atoms with van der Waals surface area (Å²) in [6.07, 6.45) is 0.581. The summed E-state index contributed by atoms with van der Waals surface area (Å²) in [6, 6.07) is 6.16. The average Bonchev–Trinajstić information content (AvgIpc) is 3.50. The van der Waals surface area contributed by atoms with Crippen LogP contribution in [0.5, 0.6) is 0 Å². The standard InChI is InChI=1S/C27H37N7O4S/c1-17-23(39-16-30-17)19-10-8-18(9-11-19)14-29-25(37)21-13-20(35)15-34(21)26(38)24(27(2,3)4)32-22(36)7-5-6-12-31-33-28/h8-11,16,20-21,24,35H,5-7,12-15H2,1-4H3,(H,29,37)(H,32,36)/t20-,21+,24-/m1/s1. The smallest absolute Gasteiger partial charge is 0.246 e. The molecule has 11 nitrogen and oxygen atoms in total. The number of carbonyl (C=O) groups is 3. The number of nitrogens with one attached hydrogen (secondary N) is 2. The molecule has 1 aromatic heterocycles.